The number of carbonyl (C=O) groups is 1. The van der Waals surface area contributed by atoms with Crippen LogP contribution in [0.25, 0.3) is 0 Å². The summed E-state index contributed by atoms with van der Waals surface area (Å²) in [4.78, 5) is 11.4. The van der Waals surface area contributed by atoms with Crippen molar-refractivity contribution < 1.29 is 13.6 Å². The number of benzene rings is 2. The highest BCUT2D eigenvalue weighted by molar-refractivity contribution is 5.84. The molecule has 2 aromatic carbocycles. The number of amides is 1. The van der Waals surface area contributed by atoms with E-state index in [0.29, 0.717) is 5.56 Å². The minimum absolute atomic E-state index is 0.284. The number of halogens is 2. The number of nitrogens with one attached hydrogen (secondary N) is 1. The number of rotatable bonds is 4. The van der Waals surface area contributed by atoms with Crippen LogP contribution >= 0.6 is 0 Å². The Labute approximate surface area is 109 Å². The van der Waals surface area contributed by atoms with Gasteiger partial charge in [-0.05, 0) is 17.7 Å². The fraction of sp³-hybridized carbons (Fsp3) is 0.0714. The summed E-state index contributed by atoms with van der Waals surface area (Å²) in [5.74, 6) is -2.53. The molecule has 1 amide bonds. The summed E-state index contributed by atoms with van der Waals surface area (Å²) in [6, 6.07) is 11.3. The van der Waals surface area contributed by atoms with E-state index in [1.54, 1.807) is 30.3 Å². The molecule has 0 spiro atoms. The lowest BCUT2D eigenvalue weighted by molar-refractivity contribution is -0.118. The number of hydrogen-bond donors (Lipinski definition) is 2. The van der Waals surface area contributed by atoms with Crippen molar-refractivity contribution in [3.05, 3.63) is 65.7 Å². The first-order chi connectivity index (χ1) is 9.08. The fourth-order valence-corrected chi connectivity index (χ4v) is 1.72. The van der Waals surface area contributed by atoms with Crippen LogP contribution in [0.5, 0.6) is 0 Å². The third-order valence-electron chi connectivity index (χ3n) is 2.65. The minimum Gasteiger partial charge on any atom is -0.370 e. The van der Waals surface area contributed by atoms with Gasteiger partial charge in [-0.15, -0.1) is 0 Å². The van der Waals surface area contributed by atoms with Crippen molar-refractivity contribution in [2.75, 3.05) is 5.32 Å². The van der Waals surface area contributed by atoms with Crippen molar-refractivity contribution >= 4 is 11.6 Å². The van der Waals surface area contributed by atoms with Gasteiger partial charge in [-0.1, -0.05) is 30.3 Å². The molecule has 0 saturated carbocycles. The third-order valence-corrected chi connectivity index (χ3v) is 2.65. The zero-order valence-electron chi connectivity index (χ0n) is 9.94. The number of carbonyl (C=O) groups excluding carboxylic acids is 1. The molecule has 1 atom stereocenters. The normalized spacial score (nSPS) is 11.9. The number of anilines is 1. The summed E-state index contributed by atoms with van der Waals surface area (Å²) in [5, 5.41) is 2.78. The molecule has 2 rings (SSSR count). The lowest BCUT2D eigenvalue weighted by Crippen LogP contribution is -2.27. The van der Waals surface area contributed by atoms with Gasteiger partial charge >= 0.3 is 0 Å². The Morgan fingerprint density at radius 1 is 1.05 bits per heavy atom. The van der Waals surface area contributed by atoms with Gasteiger partial charge in [0.2, 0.25) is 5.91 Å². The van der Waals surface area contributed by atoms with Crippen LogP contribution < -0.4 is 11.1 Å². The van der Waals surface area contributed by atoms with Crippen molar-refractivity contribution in [2.45, 2.75) is 6.04 Å². The van der Waals surface area contributed by atoms with E-state index >= 15 is 0 Å². The average Bonchev–Trinajstić information content (AvgIpc) is 2.40. The number of hydrogen-bond acceptors (Lipinski definition) is 2. The van der Waals surface area contributed by atoms with Crippen LogP contribution in [0.4, 0.5) is 14.5 Å². The first kappa shape index (κ1) is 13.0. The summed E-state index contributed by atoms with van der Waals surface area (Å²) >= 11 is 0. The summed E-state index contributed by atoms with van der Waals surface area (Å²) in [6.45, 7) is 0. The molecule has 98 valence electrons. The smallest absolute Gasteiger partial charge is 0.244 e. The fourth-order valence-electron chi connectivity index (χ4n) is 1.72. The molecule has 0 unspecified atom stereocenters. The van der Waals surface area contributed by atoms with Gasteiger partial charge in [0.05, 0.1) is 0 Å². The molecule has 2 aromatic rings. The highest BCUT2D eigenvalue weighted by Crippen LogP contribution is 2.20. The molecular formula is C14H12F2N2O. The maximum atomic E-state index is 13.1. The monoisotopic (exact) mass is 262 g/mol. The standard InChI is InChI=1S/C14H12F2N2O/c15-11-7-6-10(8-12(11)16)18-13(14(17)19)9-4-2-1-3-5-9/h1-8,13,18H,(H2,17,19)/t13-/m1/s1. The molecule has 0 fully saturated rings. The van der Waals surface area contributed by atoms with Crippen LogP contribution in [0.15, 0.2) is 48.5 Å². The molecule has 5 heteroatoms. The highest BCUT2D eigenvalue weighted by atomic mass is 19.2. The minimum atomic E-state index is -0.985. The lowest BCUT2D eigenvalue weighted by atomic mass is 10.1. The van der Waals surface area contributed by atoms with E-state index in [2.05, 4.69) is 5.32 Å². The Balaban J connectivity index is 2.27. The first-order valence-electron chi connectivity index (χ1n) is 5.64. The second kappa shape index (κ2) is 5.48. The first-order valence-corrected chi connectivity index (χ1v) is 5.64. The highest BCUT2D eigenvalue weighted by Gasteiger charge is 2.17. The lowest BCUT2D eigenvalue weighted by Gasteiger charge is -2.17. The molecule has 0 saturated heterocycles. The number of nitrogens with two attached hydrogens (primary N) is 1. The van der Waals surface area contributed by atoms with Gasteiger partial charge in [0.25, 0.3) is 0 Å². The van der Waals surface area contributed by atoms with E-state index in [1.165, 1.54) is 6.07 Å². The van der Waals surface area contributed by atoms with Gasteiger partial charge in [0.15, 0.2) is 11.6 Å². The molecule has 0 aliphatic heterocycles. The molecule has 0 bridgehead atoms. The molecule has 0 radical (unpaired) electrons. The SMILES string of the molecule is NC(=O)[C@H](Nc1ccc(F)c(F)c1)c1ccccc1. The Hall–Kier alpha value is -2.43. The van der Waals surface area contributed by atoms with Crippen molar-refractivity contribution in [1.29, 1.82) is 0 Å². The summed E-state index contributed by atoms with van der Waals surface area (Å²) in [5.41, 5.74) is 6.25. The molecule has 0 aliphatic carbocycles. The average molecular weight is 262 g/mol. The summed E-state index contributed by atoms with van der Waals surface area (Å²) < 4.78 is 25.9. The van der Waals surface area contributed by atoms with Crippen LogP contribution in [-0.2, 0) is 4.79 Å². The topological polar surface area (TPSA) is 55.1 Å². The zero-order valence-corrected chi connectivity index (χ0v) is 9.94. The van der Waals surface area contributed by atoms with Crippen LogP contribution in [0.3, 0.4) is 0 Å². The van der Waals surface area contributed by atoms with Gasteiger partial charge < -0.3 is 11.1 Å². The van der Waals surface area contributed by atoms with E-state index in [0.717, 1.165) is 12.1 Å². The second-order valence-corrected chi connectivity index (χ2v) is 4.02. The van der Waals surface area contributed by atoms with Gasteiger partial charge in [0, 0.05) is 11.8 Å². The molecule has 0 heterocycles. The van der Waals surface area contributed by atoms with Gasteiger partial charge in [-0.3, -0.25) is 4.79 Å². The van der Waals surface area contributed by atoms with E-state index in [1.807, 2.05) is 0 Å². The van der Waals surface area contributed by atoms with Crippen molar-refractivity contribution in [3.63, 3.8) is 0 Å². The maximum absolute atomic E-state index is 13.1. The molecule has 0 aliphatic rings. The zero-order chi connectivity index (χ0) is 13.8. The Bertz CT molecular complexity index is 587. The van der Waals surface area contributed by atoms with Gasteiger partial charge in [0.1, 0.15) is 6.04 Å². The maximum Gasteiger partial charge on any atom is 0.244 e. The van der Waals surface area contributed by atoms with Crippen LogP contribution in [0.2, 0.25) is 0 Å². The van der Waals surface area contributed by atoms with Crippen molar-refractivity contribution in [1.82, 2.24) is 0 Å². The van der Waals surface area contributed by atoms with Crippen molar-refractivity contribution in [3.8, 4) is 0 Å². The largest absolute Gasteiger partial charge is 0.370 e. The molecule has 3 nitrogen and oxygen atoms in total. The molecule has 19 heavy (non-hydrogen) atoms. The van der Waals surface area contributed by atoms with Gasteiger partial charge in [-0.25, -0.2) is 8.78 Å². The Kier molecular flexibility index (Phi) is 3.75. The molecule has 3 N–H and O–H groups in total. The number of primary amides is 1. The van der Waals surface area contributed by atoms with E-state index in [-0.39, 0.29) is 5.69 Å². The Morgan fingerprint density at radius 3 is 2.32 bits per heavy atom. The summed E-state index contributed by atoms with van der Waals surface area (Å²) in [6.07, 6.45) is 0. The second-order valence-electron chi connectivity index (χ2n) is 4.02. The quantitative estimate of drug-likeness (QED) is 0.889. The molecule has 0 aromatic heterocycles. The summed E-state index contributed by atoms with van der Waals surface area (Å²) in [7, 11) is 0. The van der Waals surface area contributed by atoms with E-state index in [4.69, 9.17) is 5.73 Å². The van der Waals surface area contributed by atoms with Crippen molar-refractivity contribution in [2.24, 2.45) is 5.73 Å². The Morgan fingerprint density at radius 2 is 1.74 bits per heavy atom. The van der Waals surface area contributed by atoms with E-state index < -0.39 is 23.6 Å². The van der Waals surface area contributed by atoms with Crippen LogP contribution in [0, 0.1) is 11.6 Å². The third kappa shape index (κ3) is 3.07. The molecular weight excluding hydrogens is 250 g/mol. The van der Waals surface area contributed by atoms with E-state index in [9.17, 15) is 13.6 Å². The van der Waals surface area contributed by atoms with Crippen LogP contribution in [-0.4, -0.2) is 5.91 Å². The van der Waals surface area contributed by atoms with Gasteiger partial charge in [-0.2, -0.15) is 0 Å². The van der Waals surface area contributed by atoms with Crippen LogP contribution in [0.1, 0.15) is 11.6 Å². The predicted molar refractivity (Wildman–Crippen MR) is 68.4 cm³/mol. The predicted octanol–water partition coefficient (Wildman–Crippen LogP) is 2.60.